The van der Waals surface area contributed by atoms with Crippen molar-refractivity contribution in [1.29, 1.82) is 0 Å². The number of hydrogen-bond acceptors (Lipinski definition) is 0. The van der Waals surface area contributed by atoms with Crippen molar-refractivity contribution in [2.45, 2.75) is 46.2 Å². The van der Waals surface area contributed by atoms with Gasteiger partial charge in [0, 0.05) is 0 Å². The SMILES string of the molecule is CCCP(Br)(CCC)(CCC)Cc1ccccc1. The molecule has 0 aliphatic heterocycles. The van der Waals surface area contributed by atoms with Crippen molar-refractivity contribution in [1.82, 2.24) is 0 Å². The summed E-state index contributed by atoms with van der Waals surface area (Å²) < 4.78 is 0. The molecule has 0 heterocycles. The molecule has 0 fully saturated rings. The van der Waals surface area contributed by atoms with Crippen LogP contribution in [0.4, 0.5) is 0 Å². The fraction of sp³-hybridized carbons (Fsp3) is 0.625. The Morgan fingerprint density at radius 3 is 1.67 bits per heavy atom. The molecule has 18 heavy (non-hydrogen) atoms. The second-order valence-electron chi connectivity index (χ2n) is 5.63. The molecule has 0 saturated heterocycles. The molecule has 0 N–H and O–H groups in total. The van der Waals surface area contributed by atoms with E-state index in [1.54, 1.807) is 0 Å². The minimum absolute atomic E-state index is 1.28. The van der Waals surface area contributed by atoms with Crippen molar-refractivity contribution in [3.05, 3.63) is 35.9 Å². The van der Waals surface area contributed by atoms with E-state index >= 15 is 0 Å². The maximum atomic E-state index is 4.34. The van der Waals surface area contributed by atoms with Gasteiger partial charge in [-0.15, -0.1) is 0 Å². The summed E-state index contributed by atoms with van der Waals surface area (Å²) in [6.45, 7) is 7.00. The van der Waals surface area contributed by atoms with Crippen LogP contribution in [0, 0.1) is 0 Å². The second-order valence-corrected chi connectivity index (χ2v) is 17.0. The van der Waals surface area contributed by atoms with E-state index in [0.29, 0.717) is 0 Å². The fourth-order valence-electron chi connectivity index (χ4n) is 3.29. The first-order chi connectivity index (χ1) is 8.56. The Kier molecular flexibility index (Phi) is 6.35. The zero-order chi connectivity index (χ0) is 13.5. The van der Waals surface area contributed by atoms with Gasteiger partial charge < -0.3 is 0 Å². The van der Waals surface area contributed by atoms with Gasteiger partial charge in [-0.3, -0.25) is 0 Å². The zero-order valence-corrected chi connectivity index (χ0v) is 14.6. The van der Waals surface area contributed by atoms with E-state index in [0.717, 1.165) is 0 Å². The van der Waals surface area contributed by atoms with E-state index in [1.807, 2.05) is 0 Å². The molecule has 104 valence electrons. The molecular formula is C16H28BrP. The summed E-state index contributed by atoms with van der Waals surface area (Å²) in [6, 6.07) is 11.1. The summed E-state index contributed by atoms with van der Waals surface area (Å²) in [5, 5.41) is -1.71. The average molecular weight is 331 g/mol. The van der Waals surface area contributed by atoms with Crippen LogP contribution in [0.1, 0.15) is 45.6 Å². The molecule has 0 aromatic heterocycles. The van der Waals surface area contributed by atoms with E-state index in [4.69, 9.17) is 0 Å². The predicted octanol–water partition coefficient (Wildman–Crippen LogP) is 6.28. The molecule has 0 amide bonds. The molecule has 2 heteroatoms. The molecule has 0 atom stereocenters. The van der Waals surface area contributed by atoms with Crippen molar-refractivity contribution >= 4 is 20.8 Å². The molecule has 1 aromatic rings. The van der Waals surface area contributed by atoms with Gasteiger partial charge in [0.15, 0.2) is 0 Å². The topological polar surface area (TPSA) is 0 Å². The first-order valence-electron chi connectivity index (χ1n) is 7.32. The number of hydrogen-bond donors (Lipinski definition) is 0. The van der Waals surface area contributed by atoms with E-state index in [9.17, 15) is 0 Å². The molecule has 0 nitrogen and oxygen atoms in total. The Hall–Kier alpha value is 0.130. The van der Waals surface area contributed by atoms with Crippen LogP contribution >= 0.6 is 20.8 Å². The third-order valence-corrected chi connectivity index (χ3v) is 13.6. The maximum absolute atomic E-state index is 4.34. The zero-order valence-electron chi connectivity index (χ0n) is 12.2. The summed E-state index contributed by atoms with van der Waals surface area (Å²) >= 11 is 4.34. The monoisotopic (exact) mass is 330 g/mol. The van der Waals surface area contributed by atoms with Gasteiger partial charge in [-0.25, -0.2) is 0 Å². The Labute approximate surface area is 121 Å². The van der Waals surface area contributed by atoms with Crippen molar-refractivity contribution in [3.63, 3.8) is 0 Å². The van der Waals surface area contributed by atoms with E-state index in [-0.39, 0.29) is 0 Å². The Bertz CT molecular complexity index is 328. The van der Waals surface area contributed by atoms with Crippen LogP contribution in [0.15, 0.2) is 30.3 Å². The van der Waals surface area contributed by atoms with Crippen molar-refractivity contribution in [3.8, 4) is 0 Å². The van der Waals surface area contributed by atoms with Crippen LogP contribution in [-0.2, 0) is 6.16 Å². The third kappa shape index (κ3) is 4.35. The van der Waals surface area contributed by atoms with E-state index in [2.05, 4.69) is 66.6 Å². The van der Waals surface area contributed by atoms with Gasteiger partial charge in [-0.1, -0.05) is 0 Å². The van der Waals surface area contributed by atoms with Crippen LogP contribution < -0.4 is 0 Å². The molecule has 0 aliphatic rings. The molecule has 0 bridgehead atoms. The van der Waals surface area contributed by atoms with Gasteiger partial charge in [0.1, 0.15) is 0 Å². The Balaban J connectivity index is 3.01. The van der Waals surface area contributed by atoms with Crippen LogP contribution in [0.25, 0.3) is 0 Å². The van der Waals surface area contributed by atoms with Gasteiger partial charge in [-0.2, -0.15) is 0 Å². The van der Waals surface area contributed by atoms with Crippen molar-refractivity contribution < 1.29 is 0 Å². The molecule has 1 aromatic carbocycles. The van der Waals surface area contributed by atoms with Crippen LogP contribution in [-0.4, -0.2) is 18.5 Å². The summed E-state index contributed by atoms with van der Waals surface area (Å²) in [6.07, 6.45) is 9.36. The van der Waals surface area contributed by atoms with Gasteiger partial charge in [0.05, 0.1) is 0 Å². The third-order valence-electron chi connectivity index (χ3n) is 3.77. The minimum atomic E-state index is -1.71. The molecule has 0 unspecified atom stereocenters. The van der Waals surface area contributed by atoms with Crippen LogP contribution in [0.3, 0.4) is 0 Å². The number of benzene rings is 1. The molecule has 0 saturated carbocycles. The van der Waals surface area contributed by atoms with Gasteiger partial charge in [0.2, 0.25) is 0 Å². The number of halogens is 1. The first-order valence-corrected chi connectivity index (χ1v) is 12.3. The molecule has 0 aliphatic carbocycles. The van der Waals surface area contributed by atoms with Crippen molar-refractivity contribution in [2.24, 2.45) is 0 Å². The summed E-state index contributed by atoms with van der Waals surface area (Å²) in [4.78, 5) is 0. The normalized spacial score (nSPS) is 14.1. The Morgan fingerprint density at radius 2 is 1.28 bits per heavy atom. The average Bonchev–Trinajstić information content (AvgIpc) is 2.30. The predicted molar refractivity (Wildman–Crippen MR) is 91.5 cm³/mol. The molecule has 0 radical (unpaired) electrons. The molecule has 1 rings (SSSR count). The van der Waals surface area contributed by atoms with E-state index < -0.39 is 5.31 Å². The standard InChI is InChI=1S/C16H28BrP/c1-4-12-18(17,13-5-2,14-6-3)15-16-10-8-7-9-11-16/h7-11H,4-6,12-15H2,1-3H3. The van der Waals surface area contributed by atoms with Crippen molar-refractivity contribution in [2.75, 3.05) is 18.5 Å². The Morgan fingerprint density at radius 1 is 0.833 bits per heavy atom. The molecular weight excluding hydrogens is 303 g/mol. The van der Waals surface area contributed by atoms with Crippen LogP contribution in [0.2, 0.25) is 0 Å². The summed E-state index contributed by atoms with van der Waals surface area (Å²) in [5.41, 5.74) is 1.52. The summed E-state index contributed by atoms with van der Waals surface area (Å²) in [7, 11) is 0. The van der Waals surface area contributed by atoms with Gasteiger partial charge in [0.25, 0.3) is 0 Å². The first kappa shape index (κ1) is 16.2. The second kappa shape index (κ2) is 7.06. The summed E-state index contributed by atoms with van der Waals surface area (Å²) in [5.74, 6) is 0. The molecule has 0 spiro atoms. The number of rotatable bonds is 8. The fourth-order valence-corrected chi connectivity index (χ4v) is 13.0. The van der Waals surface area contributed by atoms with E-state index in [1.165, 1.54) is 49.5 Å². The van der Waals surface area contributed by atoms with Gasteiger partial charge >= 0.3 is 121 Å². The van der Waals surface area contributed by atoms with Gasteiger partial charge in [-0.05, 0) is 0 Å². The quantitative estimate of drug-likeness (QED) is 0.492. The van der Waals surface area contributed by atoms with Crippen LogP contribution in [0.5, 0.6) is 0 Å².